The summed E-state index contributed by atoms with van der Waals surface area (Å²) in [5, 5.41) is 4.06. The predicted molar refractivity (Wildman–Crippen MR) is 117 cm³/mol. The monoisotopic (exact) mass is 433 g/mol. The summed E-state index contributed by atoms with van der Waals surface area (Å²) in [7, 11) is 4.87. The summed E-state index contributed by atoms with van der Waals surface area (Å²) in [5.74, 6) is 1.43. The van der Waals surface area contributed by atoms with Gasteiger partial charge in [-0.2, -0.15) is 0 Å². The van der Waals surface area contributed by atoms with Gasteiger partial charge in [0.25, 0.3) is 5.56 Å². The molecule has 0 bridgehead atoms. The van der Waals surface area contributed by atoms with E-state index in [2.05, 4.69) is 10.3 Å². The van der Waals surface area contributed by atoms with Crippen molar-refractivity contribution in [2.24, 2.45) is 7.05 Å². The second-order valence-corrected chi connectivity index (χ2v) is 8.59. The Morgan fingerprint density at radius 2 is 2.00 bits per heavy atom. The van der Waals surface area contributed by atoms with Gasteiger partial charge in [-0.3, -0.25) is 14.2 Å². The van der Waals surface area contributed by atoms with Crippen LogP contribution in [0.25, 0.3) is 10.2 Å². The number of fused-ring (bicyclic) bond motifs is 1. The lowest BCUT2D eigenvalue weighted by atomic mass is 10.1. The van der Waals surface area contributed by atoms with E-state index in [4.69, 9.17) is 9.47 Å². The van der Waals surface area contributed by atoms with Crippen molar-refractivity contribution in [2.75, 3.05) is 26.5 Å². The van der Waals surface area contributed by atoms with Crippen LogP contribution in [0.15, 0.2) is 34.2 Å². The summed E-state index contributed by atoms with van der Waals surface area (Å²) in [6.07, 6.45) is 0.675. The number of hydrogen-bond acceptors (Lipinski definition) is 7. The first kappa shape index (κ1) is 21.2. The second-order valence-electron chi connectivity index (χ2n) is 6.41. The Balaban J connectivity index is 1.55. The van der Waals surface area contributed by atoms with E-state index in [-0.39, 0.29) is 17.2 Å². The number of rotatable bonds is 8. The minimum absolute atomic E-state index is 0.0873. The minimum Gasteiger partial charge on any atom is -0.493 e. The van der Waals surface area contributed by atoms with Crippen LogP contribution in [-0.4, -0.2) is 42.0 Å². The Labute approximate surface area is 177 Å². The van der Waals surface area contributed by atoms with E-state index in [9.17, 15) is 9.59 Å². The summed E-state index contributed by atoms with van der Waals surface area (Å²) in [5.41, 5.74) is 0.953. The molecule has 2 heterocycles. The average Bonchev–Trinajstić information content (AvgIpc) is 3.09. The molecular weight excluding hydrogens is 410 g/mol. The number of ether oxygens (including phenoxy) is 2. The molecule has 1 N–H and O–H groups in total. The number of nitrogens with one attached hydrogen (secondary N) is 1. The standard InChI is InChI=1S/C20H23N3O4S2/c1-12-9-14-18(29-12)22-20(23(2)19(14)25)28-11-17(24)21-8-7-13-5-6-15(26-3)16(10-13)27-4/h5-6,9-10H,7-8,11H2,1-4H3,(H,21,24). The van der Waals surface area contributed by atoms with Gasteiger partial charge in [0.05, 0.1) is 25.4 Å². The lowest BCUT2D eigenvalue weighted by Gasteiger charge is -2.10. The minimum atomic E-state index is -0.104. The van der Waals surface area contributed by atoms with Crippen molar-refractivity contribution < 1.29 is 14.3 Å². The van der Waals surface area contributed by atoms with Crippen LogP contribution < -0.4 is 20.3 Å². The molecule has 0 atom stereocenters. The van der Waals surface area contributed by atoms with Crippen LogP contribution in [0.3, 0.4) is 0 Å². The number of benzene rings is 1. The maximum atomic E-state index is 12.4. The van der Waals surface area contributed by atoms with Gasteiger partial charge >= 0.3 is 0 Å². The first-order valence-corrected chi connectivity index (χ1v) is 10.8. The molecule has 2 aromatic heterocycles. The highest BCUT2D eigenvalue weighted by atomic mass is 32.2. The highest BCUT2D eigenvalue weighted by Crippen LogP contribution is 2.27. The van der Waals surface area contributed by atoms with Gasteiger partial charge < -0.3 is 14.8 Å². The van der Waals surface area contributed by atoms with Crippen molar-refractivity contribution in [3.8, 4) is 11.5 Å². The van der Waals surface area contributed by atoms with Gasteiger partial charge in [0, 0.05) is 18.5 Å². The number of methoxy groups -OCH3 is 2. The van der Waals surface area contributed by atoms with E-state index in [1.165, 1.54) is 27.7 Å². The Morgan fingerprint density at radius 1 is 1.24 bits per heavy atom. The molecule has 0 aliphatic heterocycles. The number of thiophene rings is 1. The highest BCUT2D eigenvalue weighted by molar-refractivity contribution is 7.99. The molecule has 0 saturated heterocycles. The Bertz CT molecular complexity index is 1090. The lowest BCUT2D eigenvalue weighted by molar-refractivity contribution is -0.118. The van der Waals surface area contributed by atoms with Crippen LogP contribution in [0.2, 0.25) is 0 Å². The zero-order chi connectivity index (χ0) is 21.0. The maximum absolute atomic E-state index is 12.4. The number of thioether (sulfide) groups is 1. The van der Waals surface area contributed by atoms with Crippen LogP contribution >= 0.6 is 23.1 Å². The first-order valence-electron chi connectivity index (χ1n) is 9.00. The normalized spacial score (nSPS) is 10.9. The third-order valence-corrected chi connectivity index (χ3v) is 6.35. The van der Waals surface area contributed by atoms with E-state index in [0.717, 1.165) is 10.4 Å². The van der Waals surface area contributed by atoms with Crippen LogP contribution in [0.1, 0.15) is 10.4 Å². The molecule has 0 saturated carbocycles. The fraction of sp³-hybridized carbons (Fsp3) is 0.350. The number of hydrogen-bond donors (Lipinski definition) is 1. The third-order valence-electron chi connectivity index (χ3n) is 4.37. The molecule has 154 valence electrons. The number of amides is 1. The Morgan fingerprint density at radius 3 is 2.72 bits per heavy atom. The van der Waals surface area contributed by atoms with Crippen molar-refractivity contribution >= 4 is 39.2 Å². The number of nitrogens with zero attached hydrogens (tertiary/aromatic N) is 2. The van der Waals surface area contributed by atoms with Crippen molar-refractivity contribution in [2.45, 2.75) is 18.5 Å². The predicted octanol–water partition coefficient (Wildman–Crippen LogP) is 2.77. The Hall–Kier alpha value is -2.52. The van der Waals surface area contributed by atoms with Crippen molar-refractivity contribution in [3.63, 3.8) is 0 Å². The van der Waals surface area contributed by atoms with Crippen LogP contribution in [-0.2, 0) is 18.3 Å². The summed E-state index contributed by atoms with van der Waals surface area (Å²) < 4.78 is 12.0. The molecule has 3 aromatic rings. The smallest absolute Gasteiger partial charge is 0.262 e. The molecule has 0 aliphatic rings. The number of aromatic nitrogens is 2. The van der Waals surface area contributed by atoms with Gasteiger partial charge in [-0.1, -0.05) is 17.8 Å². The molecule has 0 spiro atoms. The van der Waals surface area contributed by atoms with E-state index in [0.29, 0.717) is 39.8 Å². The van der Waals surface area contributed by atoms with E-state index in [1.54, 1.807) is 21.3 Å². The second kappa shape index (κ2) is 9.32. The molecule has 7 nitrogen and oxygen atoms in total. The topological polar surface area (TPSA) is 82.5 Å². The van der Waals surface area contributed by atoms with Gasteiger partial charge in [0.2, 0.25) is 5.91 Å². The van der Waals surface area contributed by atoms with Gasteiger partial charge in [0.1, 0.15) is 4.83 Å². The largest absolute Gasteiger partial charge is 0.493 e. The van der Waals surface area contributed by atoms with Gasteiger partial charge in [0.15, 0.2) is 16.7 Å². The zero-order valence-corrected chi connectivity index (χ0v) is 18.4. The third kappa shape index (κ3) is 4.91. The van der Waals surface area contributed by atoms with Crippen molar-refractivity contribution in [1.82, 2.24) is 14.9 Å². The number of carbonyl (C=O) groups is 1. The van der Waals surface area contributed by atoms with Crippen molar-refractivity contribution in [3.05, 3.63) is 45.1 Å². The van der Waals surface area contributed by atoms with E-state index >= 15 is 0 Å². The number of aryl methyl sites for hydroxylation is 1. The molecule has 0 radical (unpaired) electrons. The molecule has 0 unspecified atom stereocenters. The molecule has 29 heavy (non-hydrogen) atoms. The molecule has 1 amide bonds. The van der Waals surface area contributed by atoms with Crippen LogP contribution in [0.5, 0.6) is 11.5 Å². The number of carbonyl (C=O) groups excluding carboxylic acids is 1. The fourth-order valence-electron chi connectivity index (χ4n) is 2.86. The maximum Gasteiger partial charge on any atom is 0.262 e. The van der Waals surface area contributed by atoms with E-state index in [1.807, 2.05) is 31.2 Å². The average molecular weight is 434 g/mol. The Kier molecular flexibility index (Phi) is 6.81. The molecule has 3 rings (SSSR count). The summed E-state index contributed by atoms with van der Waals surface area (Å²) in [6.45, 7) is 2.45. The van der Waals surface area contributed by atoms with Gasteiger partial charge in [-0.25, -0.2) is 4.98 Å². The molecular formula is C20H23N3O4S2. The van der Waals surface area contributed by atoms with Crippen LogP contribution in [0, 0.1) is 6.92 Å². The zero-order valence-electron chi connectivity index (χ0n) is 16.8. The van der Waals surface area contributed by atoms with Crippen LogP contribution in [0.4, 0.5) is 0 Å². The summed E-state index contributed by atoms with van der Waals surface area (Å²) in [4.78, 5) is 30.9. The van der Waals surface area contributed by atoms with Gasteiger partial charge in [-0.15, -0.1) is 11.3 Å². The van der Waals surface area contributed by atoms with Gasteiger partial charge in [-0.05, 0) is 37.1 Å². The molecule has 0 aliphatic carbocycles. The molecule has 1 aromatic carbocycles. The summed E-state index contributed by atoms with van der Waals surface area (Å²) in [6, 6.07) is 7.54. The van der Waals surface area contributed by atoms with Crippen molar-refractivity contribution in [1.29, 1.82) is 0 Å². The quantitative estimate of drug-likeness (QED) is 0.435. The summed E-state index contributed by atoms with van der Waals surface area (Å²) >= 11 is 2.74. The lowest BCUT2D eigenvalue weighted by Crippen LogP contribution is -2.28. The highest BCUT2D eigenvalue weighted by Gasteiger charge is 2.13. The SMILES string of the molecule is COc1ccc(CCNC(=O)CSc2nc3sc(C)cc3c(=O)n2C)cc1OC. The molecule has 9 heteroatoms. The van der Waals surface area contributed by atoms with E-state index < -0.39 is 0 Å². The fourth-order valence-corrected chi connectivity index (χ4v) is 4.58. The molecule has 0 fully saturated rings. The first-order chi connectivity index (χ1) is 13.9.